The summed E-state index contributed by atoms with van der Waals surface area (Å²) in [6, 6.07) is 0. The molecule has 0 radical (unpaired) electrons. The third kappa shape index (κ3) is 2.32. The molecule has 2 heterocycles. The molecule has 0 aromatic carbocycles. The molecule has 5 heteroatoms. The lowest BCUT2D eigenvalue weighted by atomic mass is 9.91. The Morgan fingerprint density at radius 1 is 1.56 bits per heavy atom. The summed E-state index contributed by atoms with van der Waals surface area (Å²) >= 11 is 1.84. The molecule has 1 aromatic heterocycles. The third-order valence-corrected chi connectivity index (χ3v) is 5.14. The Hall–Kier alpha value is -0.490. The van der Waals surface area contributed by atoms with Crippen LogP contribution >= 0.6 is 11.3 Å². The molecule has 0 bridgehead atoms. The highest BCUT2D eigenvalue weighted by atomic mass is 32.1. The summed E-state index contributed by atoms with van der Waals surface area (Å²) in [5.41, 5.74) is 7.12. The van der Waals surface area contributed by atoms with Crippen LogP contribution in [0.3, 0.4) is 0 Å². The predicted molar refractivity (Wildman–Crippen MR) is 73.0 cm³/mol. The van der Waals surface area contributed by atoms with Crippen molar-refractivity contribution in [2.75, 3.05) is 33.3 Å². The van der Waals surface area contributed by atoms with E-state index in [4.69, 9.17) is 15.5 Å². The lowest BCUT2D eigenvalue weighted by Gasteiger charge is -2.28. The smallest absolute Gasteiger partial charge is 0.123 e. The fourth-order valence-corrected chi connectivity index (χ4v) is 4.05. The largest absolute Gasteiger partial charge is 0.368 e. The maximum atomic E-state index is 5.86. The van der Waals surface area contributed by atoms with Crippen molar-refractivity contribution in [3.63, 3.8) is 0 Å². The van der Waals surface area contributed by atoms with E-state index in [-0.39, 0.29) is 6.10 Å². The highest BCUT2D eigenvalue weighted by Gasteiger charge is 2.28. The lowest BCUT2D eigenvalue weighted by molar-refractivity contribution is -0.0210. The van der Waals surface area contributed by atoms with Crippen molar-refractivity contribution in [1.82, 2.24) is 9.88 Å². The van der Waals surface area contributed by atoms with Gasteiger partial charge < -0.3 is 15.4 Å². The zero-order chi connectivity index (χ0) is 12.5. The number of rotatable bonds is 2. The molecule has 2 unspecified atom stereocenters. The summed E-state index contributed by atoms with van der Waals surface area (Å²) in [6.45, 7) is 3.51. The zero-order valence-electron chi connectivity index (χ0n) is 10.9. The van der Waals surface area contributed by atoms with Gasteiger partial charge in [0.25, 0.3) is 0 Å². The van der Waals surface area contributed by atoms with E-state index in [1.165, 1.54) is 29.8 Å². The Morgan fingerprint density at radius 2 is 2.44 bits per heavy atom. The van der Waals surface area contributed by atoms with E-state index in [1.54, 1.807) is 0 Å². The van der Waals surface area contributed by atoms with Crippen LogP contribution in [0.4, 0.5) is 0 Å². The number of ether oxygens (including phenoxy) is 1. The van der Waals surface area contributed by atoms with E-state index < -0.39 is 0 Å². The third-order valence-electron chi connectivity index (χ3n) is 3.92. The number of nitrogens with two attached hydrogens (primary N) is 1. The topological polar surface area (TPSA) is 51.4 Å². The molecule has 0 amide bonds. The van der Waals surface area contributed by atoms with Crippen molar-refractivity contribution in [2.24, 2.45) is 5.73 Å². The lowest BCUT2D eigenvalue weighted by Crippen LogP contribution is -2.35. The average Bonchev–Trinajstić information content (AvgIpc) is 2.82. The van der Waals surface area contributed by atoms with Gasteiger partial charge in [0, 0.05) is 30.4 Å². The molecule has 1 saturated heterocycles. The van der Waals surface area contributed by atoms with E-state index in [1.807, 2.05) is 11.3 Å². The fraction of sp³-hybridized carbons (Fsp3) is 0.769. The zero-order valence-corrected chi connectivity index (χ0v) is 11.7. The molecular formula is C13H21N3OS. The molecular weight excluding hydrogens is 246 g/mol. The Balaban J connectivity index is 1.83. The van der Waals surface area contributed by atoms with Crippen LogP contribution in [0.1, 0.15) is 40.4 Å². The Kier molecular flexibility index (Phi) is 3.66. The van der Waals surface area contributed by atoms with Gasteiger partial charge in [-0.25, -0.2) is 4.98 Å². The quantitative estimate of drug-likeness (QED) is 0.883. The Bertz CT molecular complexity index is 420. The molecule has 1 aliphatic carbocycles. The van der Waals surface area contributed by atoms with E-state index in [9.17, 15) is 0 Å². The summed E-state index contributed by atoms with van der Waals surface area (Å²) < 4.78 is 5.86. The second kappa shape index (κ2) is 5.25. The van der Waals surface area contributed by atoms with Crippen LogP contribution in [0, 0.1) is 0 Å². The number of aromatic nitrogens is 1. The molecule has 1 aromatic rings. The summed E-state index contributed by atoms with van der Waals surface area (Å²) in [4.78, 5) is 8.61. The predicted octanol–water partition coefficient (Wildman–Crippen LogP) is 1.52. The van der Waals surface area contributed by atoms with Crippen LogP contribution in [-0.4, -0.2) is 43.2 Å². The monoisotopic (exact) mass is 267 g/mol. The van der Waals surface area contributed by atoms with Gasteiger partial charge in [0.05, 0.1) is 12.3 Å². The number of morpholine rings is 1. The first-order valence-electron chi connectivity index (χ1n) is 6.77. The highest BCUT2D eigenvalue weighted by Crippen LogP contribution is 2.37. The van der Waals surface area contributed by atoms with Gasteiger partial charge in [-0.1, -0.05) is 0 Å². The highest BCUT2D eigenvalue weighted by molar-refractivity contribution is 7.11. The SMILES string of the molecule is CN1CCOC(c2nc3c(s2)CCCC3CN)C1. The van der Waals surface area contributed by atoms with E-state index in [2.05, 4.69) is 11.9 Å². The van der Waals surface area contributed by atoms with Gasteiger partial charge in [0.1, 0.15) is 11.1 Å². The summed E-state index contributed by atoms with van der Waals surface area (Å²) in [5.74, 6) is 0.472. The molecule has 18 heavy (non-hydrogen) atoms. The Labute approximate surface area is 112 Å². The van der Waals surface area contributed by atoms with E-state index in [0.717, 1.165) is 31.2 Å². The second-order valence-electron chi connectivity index (χ2n) is 5.31. The van der Waals surface area contributed by atoms with Crippen LogP contribution < -0.4 is 5.73 Å². The maximum Gasteiger partial charge on any atom is 0.123 e. The van der Waals surface area contributed by atoms with Gasteiger partial charge in [-0.3, -0.25) is 0 Å². The fourth-order valence-electron chi connectivity index (χ4n) is 2.82. The van der Waals surface area contributed by atoms with Crippen LogP contribution in [0.5, 0.6) is 0 Å². The molecule has 0 spiro atoms. The van der Waals surface area contributed by atoms with Gasteiger partial charge in [-0.05, 0) is 26.3 Å². The van der Waals surface area contributed by atoms with Crippen LogP contribution in [-0.2, 0) is 11.2 Å². The maximum absolute atomic E-state index is 5.86. The summed E-state index contributed by atoms with van der Waals surface area (Å²) in [5, 5.41) is 1.16. The minimum Gasteiger partial charge on any atom is -0.368 e. The first kappa shape index (κ1) is 12.5. The van der Waals surface area contributed by atoms with E-state index >= 15 is 0 Å². The van der Waals surface area contributed by atoms with Gasteiger partial charge in [0.2, 0.25) is 0 Å². The van der Waals surface area contributed by atoms with Crippen molar-refractivity contribution in [3.05, 3.63) is 15.6 Å². The van der Waals surface area contributed by atoms with Crippen molar-refractivity contribution in [3.8, 4) is 0 Å². The van der Waals surface area contributed by atoms with Crippen molar-refractivity contribution >= 4 is 11.3 Å². The van der Waals surface area contributed by atoms with Crippen molar-refractivity contribution < 1.29 is 4.74 Å². The molecule has 2 N–H and O–H groups in total. The number of aryl methyl sites for hydroxylation is 1. The first-order chi connectivity index (χ1) is 8.78. The number of likely N-dealkylation sites (N-methyl/N-ethyl adjacent to an activating group) is 1. The second-order valence-corrected chi connectivity index (χ2v) is 6.42. The first-order valence-corrected chi connectivity index (χ1v) is 7.59. The number of thiazole rings is 1. The van der Waals surface area contributed by atoms with Crippen LogP contribution in [0.15, 0.2) is 0 Å². The van der Waals surface area contributed by atoms with Crippen LogP contribution in [0.25, 0.3) is 0 Å². The number of hydrogen-bond donors (Lipinski definition) is 1. The number of hydrogen-bond acceptors (Lipinski definition) is 5. The molecule has 0 saturated carbocycles. The van der Waals surface area contributed by atoms with Crippen molar-refractivity contribution in [1.29, 1.82) is 0 Å². The number of nitrogens with zero attached hydrogens (tertiary/aromatic N) is 2. The molecule has 100 valence electrons. The van der Waals surface area contributed by atoms with Gasteiger partial charge >= 0.3 is 0 Å². The normalized spacial score (nSPS) is 29.2. The molecule has 4 nitrogen and oxygen atoms in total. The summed E-state index contributed by atoms with van der Waals surface area (Å²) in [6.07, 6.45) is 3.78. The molecule has 2 atom stereocenters. The molecule has 2 aliphatic rings. The molecule has 1 aliphatic heterocycles. The van der Waals surface area contributed by atoms with Gasteiger partial charge in [-0.2, -0.15) is 0 Å². The van der Waals surface area contributed by atoms with Crippen molar-refractivity contribution in [2.45, 2.75) is 31.3 Å². The average molecular weight is 267 g/mol. The summed E-state index contributed by atoms with van der Waals surface area (Å²) in [7, 11) is 2.14. The molecule has 1 fully saturated rings. The molecule has 3 rings (SSSR count). The standard InChI is InChI=1S/C13H21N3OS/c1-16-5-6-17-10(8-16)13-15-12-9(7-14)3-2-4-11(12)18-13/h9-10H,2-8,14H2,1H3. The van der Waals surface area contributed by atoms with Crippen LogP contribution in [0.2, 0.25) is 0 Å². The number of fused-ring (bicyclic) bond motifs is 1. The minimum atomic E-state index is 0.165. The Morgan fingerprint density at radius 3 is 3.22 bits per heavy atom. The van der Waals surface area contributed by atoms with Gasteiger partial charge in [0.15, 0.2) is 0 Å². The van der Waals surface area contributed by atoms with E-state index in [0.29, 0.717) is 5.92 Å². The van der Waals surface area contributed by atoms with Gasteiger partial charge in [-0.15, -0.1) is 11.3 Å². The minimum absolute atomic E-state index is 0.165.